The molecule has 122 valence electrons. The van der Waals surface area contributed by atoms with E-state index in [1.54, 1.807) is 18.6 Å². The lowest BCUT2D eigenvalue weighted by molar-refractivity contribution is 0.102. The minimum absolute atomic E-state index is 0.213. The lowest BCUT2D eigenvalue weighted by Gasteiger charge is -2.21. The van der Waals surface area contributed by atoms with Gasteiger partial charge in [-0.3, -0.25) is 15.1 Å². The molecule has 0 saturated heterocycles. The molecule has 0 bridgehead atoms. The Morgan fingerprint density at radius 3 is 2.79 bits per heavy atom. The van der Waals surface area contributed by atoms with Gasteiger partial charge in [0, 0.05) is 11.6 Å². The van der Waals surface area contributed by atoms with Gasteiger partial charge in [-0.1, -0.05) is 37.5 Å². The minimum atomic E-state index is -0.213. The normalized spacial score (nSPS) is 15.5. The van der Waals surface area contributed by atoms with E-state index in [1.165, 1.54) is 19.3 Å². The molecule has 24 heavy (non-hydrogen) atoms. The zero-order chi connectivity index (χ0) is 16.4. The van der Waals surface area contributed by atoms with Crippen LogP contribution in [0.4, 0.5) is 5.95 Å². The molecule has 1 aliphatic carbocycles. The van der Waals surface area contributed by atoms with Crippen LogP contribution >= 0.6 is 0 Å². The number of hydrogen-bond donors (Lipinski definition) is 1. The first-order valence-corrected chi connectivity index (χ1v) is 8.37. The average Bonchev–Trinajstić information content (AvgIpc) is 3.10. The van der Waals surface area contributed by atoms with Crippen molar-refractivity contribution in [3.05, 3.63) is 48.4 Å². The monoisotopic (exact) mass is 321 g/mol. The highest BCUT2D eigenvalue weighted by Gasteiger charge is 2.18. The number of carbonyl (C=O) groups excluding carboxylic acids is 1. The number of nitrogens with one attached hydrogen (secondary N) is 1. The molecule has 4 rings (SSSR count). The third-order valence-electron chi connectivity index (χ3n) is 4.58. The van der Waals surface area contributed by atoms with Gasteiger partial charge < -0.3 is 0 Å². The van der Waals surface area contributed by atoms with Gasteiger partial charge in [-0.2, -0.15) is 0 Å². The van der Waals surface area contributed by atoms with E-state index in [2.05, 4.69) is 20.4 Å². The fourth-order valence-electron chi connectivity index (χ4n) is 3.32. The second kappa shape index (κ2) is 6.39. The van der Waals surface area contributed by atoms with Crippen molar-refractivity contribution >= 4 is 22.8 Å². The number of pyridine rings is 1. The van der Waals surface area contributed by atoms with Crippen molar-refractivity contribution in [3.8, 4) is 0 Å². The van der Waals surface area contributed by atoms with E-state index >= 15 is 0 Å². The highest BCUT2D eigenvalue weighted by molar-refractivity contribution is 6.11. The maximum atomic E-state index is 12.6. The summed E-state index contributed by atoms with van der Waals surface area (Å²) in [4.78, 5) is 21.1. The number of hydrogen-bond acceptors (Lipinski definition) is 4. The zero-order valence-electron chi connectivity index (χ0n) is 13.4. The summed E-state index contributed by atoms with van der Waals surface area (Å²) >= 11 is 0. The van der Waals surface area contributed by atoms with E-state index in [4.69, 9.17) is 0 Å². The Hall–Kier alpha value is -2.76. The first kappa shape index (κ1) is 14.8. The van der Waals surface area contributed by atoms with Gasteiger partial charge in [-0.25, -0.2) is 9.67 Å². The number of aromatic nitrogens is 4. The topological polar surface area (TPSA) is 72.7 Å². The molecule has 1 N–H and O–H groups in total. The third-order valence-corrected chi connectivity index (χ3v) is 4.58. The van der Waals surface area contributed by atoms with E-state index in [1.807, 2.05) is 28.9 Å². The number of fused-ring (bicyclic) bond motifs is 1. The molecular formula is C18H19N5O. The molecule has 2 heterocycles. The summed E-state index contributed by atoms with van der Waals surface area (Å²) in [6.07, 6.45) is 9.38. The van der Waals surface area contributed by atoms with Gasteiger partial charge in [0.2, 0.25) is 5.95 Å². The van der Waals surface area contributed by atoms with E-state index in [9.17, 15) is 4.79 Å². The molecule has 1 aromatic carbocycles. The van der Waals surface area contributed by atoms with Crippen molar-refractivity contribution in [2.75, 3.05) is 5.32 Å². The molecule has 0 spiro atoms. The molecule has 0 radical (unpaired) electrons. The lowest BCUT2D eigenvalue weighted by Crippen LogP contribution is -2.16. The third kappa shape index (κ3) is 2.87. The Bertz CT molecular complexity index is 861. The van der Waals surface area contributed by atoms with Crippen LogP contribution in [0.3, 0.4) is 0 Å². The van der Waals surface area contributed by atoms with E-state index < -0.39 is 0 Å². The van der Waals surface area contributed by atoms with Crippen LogP contribution < -0.4 is 5.32 Å². The molecular weight excluding hydrogens is 302 g/mol. The fraction of sp³-hybridized carbons (Fsp3) is 0.333. The summed E-state index contributed by atoms with van der Waals surface area (Å²) in [5.41, 5.74) is 1.38. The molecule has 0 aliphatic heterocycles. The Labute approximate surface area is 139 Å². The number of rotatable bonds is 3. The zero-order valence-corrected chi connectivity index (χ0v) is 13.4. The Balaban J connectivity index is 1.54. The van der Waals surface area contributed by atoms with Gasteiger partial charge in [0.05, 0.1) is 17.1 Å². The van der Waals surface area contributed by atoms with Gasteiger partial charge in [-0.05, 0) is 25.0 Å². The molecule has 1 fully saturated rings. The first-order chi connectivity index (χ1) is 11.8. The molecule has 3 aromatic rings. The summed E-state index contributed by atoms with van der Waals surface area (Å²) in [5, 5.41) is 8.06. The SMILES string of the molecule is O=C(Nc1ncn(C2CCCCC2)n1)c1ccnc2ccccc12. The molecule has 0 unspecified atom stereocenters. The summed E-state index contributed by atoms with van der Waals surface area (Å²) < 4.78 is 1.89. The maximum absolute atomic E-state index is 12.6. The Morgan fingerprint density at radius 2 is 1.92 bits per heavy atom. The van der Waals surface area contributed by atoms with Gasteiger partial charge in [0.15, 0.2) is 0 Å². The number of anilines is 1. The average molecular weight is 321 g/mol. The van der Waals surface area contributed by atoms with Gasteiger partial charge in [-0.15, -0.1) is 5.10 Å². The van der Waals surface area contributed by atoms with Crippen LogP contribution in [0.15, 0.2) is 42.9 Å². The molecule has 2 aromatic heterocycles. The second-order valence-corrected chi connectivity index (χ2v) is 6.17. The van der Waals surface area contributed by atoms with Crippen LogP contribution in [-0.2, 0) is 0 Å². The Morgan fingerprint density at radius 1 is 1.08 bits per heavy atom. The highest BCUT2D eigenvalue weighted by atomic mass is 16.1. The quantitative estimate of drug-likeness (QED) is 0.800. The van der Waals surface area contributed by atoms with E-state index in [0.717, 1.165) is 23.7 Å². The van der Waals surface area contributed by atoms with Gasteiger partial charge >= 0.3 is 0 Å². The van der Waals surface area contributed by atoms with Crippen LogP contribution in [0.1, 0.15) is 48.5 Å². The van der Waals surface area contributed by atoms with Crippen molar-refractivity contribution in [2.45, 2.75) is 38.1 Å². The number of carbonyl (C=O) groups is 1. The number of nitrogens with zero attached hydrogens (tertiary/aromatic N) is 4. The Kier molecular flexibility index (Phi) is 3.94. The number of benzene rings is 1. The number of para-hydroxylation sites is 1. The van der Waals surface area contributed by atoms with Crippen molar-refractivity contribution in [1.29, 1.82) is 0 Å². The predicted octanol–water partition coefficient (Wildman–Crippen LogP) is 3.58. The lowest BCUT2D eigenvalue weighted by atomic mass is 9.96. The summed E-state index contributed by atoms with van der Waals surface area (Å²) in [6.45, 7) is 0. The molecule has 6 nitrogen and oxygen atoms in total. The van der Waals surface area contributed by atoms with Crippen molar-refractivity contribution < 1.29 is 4.79 Å². The standard InChI is InChI=1S/C18H19N5O/c24-17(15-10-11-19-16-9-5-4-8-14(15)16)21-18-20-12-23(22-18)13-6-2-1-3-7-13/h4-5,8-13H,1-3,6-7H2,(H,21,22,24). The number of amides is 1. The molecule has 6 heteroatoms. The molecule has 1 aliphatic rings. The van der Waals surface area contributed by atoms with Crippen LogP contribution in [0.5, 0.6) is 0 Å². The van der Waals surface area contributed by atoms with Crippen LogP contribution in [0, 0.1) is 0 Å². The van der Waals surface area contributed by atoms with E-state index in [-0.39, 0.29) is 5.91 Å². The molecule has 1 amide bonds. The van der Waals surface area contributed by atoms with Crippen molar-refractivity contribution in [2.24, 2.45) is 0 Å². The second-order valence-electron chi connectivity index (χ2n) is 6.17. The van der Waals surface area contributed by atoms with Crippen LogP contribution in [0.25, 0.3) is 10.9 Å². The summed E-state index contributed by atoms with van der Waals surface area (Å²) in [5.74, 6) is 0.140. The molecule has 0 atom stereocenters. The van der Waals surface area contributed by atoms with E-state index in [0.29, 0.717) is 17.6 Å². The predicted molar refractivity (Wildman–Crippen MR) is 91.8 cm³/mol. The summed E-state index contributed by atoms with van der Waals surface area (Å²) in [6, 6.07) is 9.71. The van der Waals surface area contributed by atoms with Crippen molar-refractivity contribution in [3.63, 3.8) is 0 Å². The first-order valence-electron chi connectivity index (χ1n) is 8.37. The van der Waals surface area contributed by atoms with Crippen LogP contribution in [0.2, 0.25) is 0 Å². The highest BCUT2D eigenvalue weighted by Crippen LogP contribution is 2.27. The summed E-state index contributed by atoms with van der Waals surface area (Å²) in [7, 11) is 0. The maximum Gasteiger partial charge on any atom is 0.258 e. The van der Waals surface area contributed by atoms with Gasteiger partial charge in [0.1, 0.15) is 6.33 Å². The minimum Gasteiger partial charge on any atom is -0.289 e. The van der Waals surface area contributed by atoms with Gasteiger partial charge in [0.25, 0.3) is 5.91 Å². The fourth-order valence-corrected chi connectivity index (χ4v) is 3.32. The molecule has 1 saturated carbocycles. The van der Waals surface area contributed by atoms with Crippen molar-refractivity contribution in [1.82, 2.24) is 19.7 Å². The smallest absolute Gasteiger partial charge is 0.258 e. The largest absolute Gasteiger partial charge is 0.289 e. The van der Waals surface area contributed by atoms with Crippen LogP contribution in [-0.4, -0.2) is 25.7 Å².